The third-order valence-corrected chi connectivity index (χ3v) is 10.6. The highest BCUT2D eigenvalue weighted by molar-refractivity contribution is 6.32. The number of pyridine rings is 1. The van der Waals surface area contributed by atoms with Crippen molar-refractivity contribution < 1.29 is 24.2 Å². The predicted octanol–water partition coefficient (Wildman–Crippen LogP) is 8.10. The smallest absolute Gasteiger partial charge is 0.491 e. The fraction of sp³-hybridized carbons (Fsp3) is 0.472. The van der Waals surface area contributed by atoms with Crippen molar-refractivity contribution in [3.8, 4) is 28.1 Å². The molecule has 4 aliphatic rings. The van der Waals surface area contributed by atoms with Gasteiger partial charge in [-0.15, -0.1) is 12.4 Å². The highest BCUT2D eigenvalue weighted by Crippen LogP contribution is 2.58. The minimum absolute atomic E-state index is 0. The van der Waals surface area contributed by atoms with Crippen molar-refractivity contribution in [2.45, 2.75) is 58.6 Å². The van der Waals surface area contributed by atoms with Gasteiger partial charge < -0.3 is 24.8 Å². The number of ether oxygens (including phenoxy) is 2. The topological polar surface area (TPSA) is 101 Å². The highest BCUT2D eigenvalue weighted by atomic mass is 35.5. The predicted molar refractivity (Wildman–Crippen MR) is 182 cm³/mol. The normalized spacial score (nSPS) is 24.4. The summed E-state index contributed by atoms with van der Waals surface area (Å²) in [5.74, 6) is 1.18. The number of nitrogens with one attached hydrogen (secondary N) is 1. The molecular formula is C36H43Cl2N3O5. The van der Waals surface area contributed by atoms with Crippen LogP contribution in [-0.2, 0) is 4.74 Å². The van der Waals surface area contributed by atoms with Crippen LogP contribution >= 0.6 is 24.0 Å². The zero-order valence-electron chi connectivity index (χ0n) is 26.6. The third kappa shape index (κ3) is 6.71. The van der Waals surface area contributed by atoms with E-state index >= 15 is 0 Å². The molecule has 0 aliphatic heterocycles. The van der Waals surface area contributed by atoms with E-state index in [1.807, 2.05) is 49.4 Å². The number of amides is 1. The van der Waals surface area contributed by atoms with Gasteiger partial charge in [0.1, 0.15) is 18.1 Å². The standard InChI is InChI=1S/C36H42ClN3O5.ClH/c1-4-40(5-2)14-15-44-32-21-25(10-12-30(32)37)33-29(28-9-7-6-8-22(28)3)11-13-31(38-33)34(41)39-36(45-35(42)43)26-17-23-16-24(19-26)20-27(36)18-23;/h6-13,21,23-24,26-27H,4-5,14-20H2,1-3H3,(H,39,41)(H,42,43);1H. The fourth-order valence-corrected chi connectivity index (χ4v) is 8.32. The Balaban J connectivity index is 0.00000417. The van der Waals surface area contributed by atoms with E-state index in [0.29, 0.717) is 34.9 Å². The van der Waals surface area contributed by atoms with Crippen LogP contribution in [-0.4, -0.2) is 59.0 Å². The number of carboxylic acid groups (broad SMARTS) is 1. The first-order chi connectivity index (χ1) is 21.7. The summed E-state index contributed by atoms with van der Waals surface area (Å²) in [5.41, 5.74) is 3.27. The van der Waals surface area contributed by atoms with Crippen molar-refractivity contribution in [1.82, 2.24) is 15.2 Å². The minimum atomic E-state index is -1.36. The van der Waals surface area contributed by atoms with E-state index in [4.69, 9.17) is 26.1 Å². The van der Waals surface area contributed by atoms with Crippen molar-refractivity contribution in [2.75, 3.05) is 26.2 Å². The van der Waals surface area contributed by atoms with Crippen LogP contribution in [0.25, 0.3) is 22.4 Å². The van der Waals surface area contributed by atoms with Crippen LogP contribution < -0.4 is 10.1 Å². The molecule has 1 amide bonds. The maximum atomic E-state index is 14.0. The van der Waals surface area contributed by atoms with Gasteiger partial charge in [0.15, 0.2) is 5.72 Å². The van der Waals surface area contributed by atoms with E-state index in [0.717, 1.165) is 67.6 Å². The van der Waals surface area contributed by atoms with Crippen molar-refractivity contribution in [3.63, 3.8) is 0 Å². The van der Waals surface area contributed by atoms with Gasteiger partial charge in [-0.2, -0.15) is 0 Å². The molecule has 0 atom stereocenters. The van der Waals surface area contributed by atoms with Crippen molar-refractivity contribution in [2.24, 2.45) is 23.7 Å². The molecule has 10 heteroatoms. The van der Waals surface area contributed by atoms with Crippen LogP contribution in [0.2, 0.25) is 5.02 Å². The van der Waals surface area contributed by atoms with Gasteiger partial charge in [-0.3, -0.25) is 4.79 Å². The van der Waals surface area contributed by atoms with Crippen molar-refractivity contribution >= 4 is 36.1 Å². The Morgan fingerprint density at radius 1 is 0.978 bits per heavy atom. The number of halogens is 2. The molecule has 4 bridgehead atoms. The highest BCUT2D eigenvalue weighted by Gasteiger charge is 2.60. The summed E-state index contributed by atoms with van der Waals surface area (Å²) in [6.45, 7) is 9.43. The van der Waals surface area contributed by atoms with E-state index in [-0.39, 0.29) is 29.9 Å². The molecular weight excluding hydrogens is 625 g/mol. The van der Waals surface area contributed by atoms with E-state index in [1.165, 1.54) is 6.42 Å². The monoisotopic (exact) mass is 667 g/mol. The first kappa shape index (κ1) is 34.0. The van der Waals surface area contributed by atoms with Gasteiger partial charge in [0.05, 0.1) is 10.7 Å². The summed E-state index contributed by atoms with van der Waals surface area (Å²) in [6.07, 6.45) is 3.31. The Hall–Kier alpha value is -3.33. The molecule has 1 aromatic heterocycles. The van der Waals surface area contributed by atoms with Gasteiger partial charge in [-0.25, -0.2) is 9.78 Å². The second kappa shape index (κ2) is 14.2. The molecule has 2 aromatic carbocycles. The van der Waals surface area contributed by atoms with Crippen LogP contribution in [0.5, 0.6) is 5.75 Å². The largest absolute Gasteiger partial charge is 0.507 e. The molecule has 46 heavy (non-hydrogen) atoms. The van der Waals surface area contributed by atoms with Crippen molar-refractivity contribution in [1.29, 1.82) is 0 Å². The molecule has 4 aliphatic carbocycles. The number of aromatic nitrogens is 1. The number of carbonyl (C=O) groups excluding carboxylic acids is 1. The maximum Gasteiger partial charge on any atom is 0.507 e. The zero-order chi connectivity index (χ0) is 31.7. The average molecular weight is 669 g/mol. The Labute approximate surface area is 282 Å². The molecule has 4 saturated carbocycles. The number of rotatable bonds is 11. The number of hydrogen-bond donors (Lipinski definition) is 2. The van der Waals surface area contributed by atoms with Crippen LogP contribution in [0, 0.1) is 30.6 Å². The number of aryl methyl sites for hydroxylation is 1. The van der Waals surface area contributed by atoms with Crippen LogP contribution in [0.4, 0.5) is 4.79 Å². The molecule has 8 nitrogen and oxygen atoms in total. The lowest BCUT2D eigenvalue weighted by molar-refractivity contribution is -0.191. The lowest BCUT2D eigenvalue weighted by Crippen LogP contribution is -2.68. The molecule has 4 fully saturated rings. The average Bonchev–Trinajstić information content (AvgIpc) is 3.02. The second-order valence-corrected chi connectivity index (χ2v) is 13.3. The lowest BCUT2D eigenvalue weighted by atomic mass is 9.52. The number of likely N-dealkylation sites (N-methyl/N-ethyl adjacent to an activating group) is 1. The Bertz CT molecular complexity index is 1550. The molecule has 0 spiro atoms. The van der Waals surface area contributed by atoms with Gasteiger partial charge in [-0.1, -0.05) is 55.8 Å². The number of benzene rings is 2. The molecule has 0 saturated heterocycles. The van der Waals surface area contributed by atoms with E-state index in [9.17, 15) is 14.7 Å². The second-order valence-electron chi connectivity index (χ2n) is 12.8. The summed E-state index contributed by atoms with van der Waals surface area (Å²) in [4.78, 5) is 33.2. The molecule has 1 heterocycles. The quantitative estimate of drug-likeness (QED) is 0.157. The molecule has 246 valence electrons. The molecule has 3 aromatic rings. The van der Waals surface area contributed by atoms with E-state index in [2.05, 4.69) is 24.1 Å². The van der Waals surface area contributed by atoms with Gasteiger partial charge in [0.2, 0.25) is 0 Å². The number of nitrogens with zero attached hydrogens (tertiary/aromatic N) is 2. The first-order valence-electron chi connectivity index (χ1n) is 16.2. The summed E-state index contributed by atoms with van der Waals surface area (Å²) in [6, 6.07) is 17.2. The Morgan fingerprint density at radius 2 is 1.65 bits per heavy atom. The van der Waals surface area contributed by atoms with Crippen LogP contribution in [0.3, 0.4) is 0 Å². The summed E-state index contributed by atoms with van der Waals surface area (Å²) >= 11 is 6.57. The van der Waals surface area contributed by atoms with E-state index in [1.54, 1.807) is 12.1 Å². The van der Waals surface area contributed by atoms with Gasteiger partial charge in [0.25, 0.3) is 5.91 Å². The van der Waals surface area contributed by atoms with E-state index < -0.39 is 17.8 Å². The van der Waals surface area contributed by atoms with Gasteiger partial charge >= 0.3 is 6.16 Å². The molecule has 0 unspecified atom stereocenters. The summed E-state index contributed by atoms with van der Waals surface area (Å²) in [5, 5.41) is 13.4. The number of hydrogen-bond acceptors (Lipinski definition) is 6. The lowest BCUT2D eigenvalue weighted by Gasteiger charge is -2.59. The van der Waals surface area contributed by atoms with Crippen LogP contribution in [0.15, 0.2) is 54.6 Å². The van der Waals surface area contributed by atoms with Gasteiger partial charge in [0, 0.05) is 29.5 Å². The first-order valence-corrected chi connectivity index (χ1v) is 16.5. The molecule has 0 radical (unpaired) electrons. The third-order valence-electron chi connectivity index (χ3n) is 10.2. The SMILES string of the molecule is CCN(CC)CCOc1cc(-c2nc(C(=O)NC3(OC(=O)O)C4CC5CC(C4)CC3C5)ccc2-c2ccccc2C)ccc1Cl.Cl. The molecule has 2 N–H and O–H groups in total. The Morgan fingerprint density at radius 3 is 2.28 bits per heavy atom. The Kier molecular flexibility index (Phi) is 10.5. The van der Waals surface area contributed by atoms with Crippen LogP contribution in [0.1, 0.15) is 62.0 Å². The van der Waals surface area contributed by atoms with Gasteiger partial charge in [-0.05, 0) is 99.3 Å². The van der Waals surface area contributed by atoms with Crippen molar-refractivity contribution in [3.05, 3.63) is 70.9 Å². The maximum absolute atomic E-state index is 14.0. The molecule has 7 rings (SSSR count). The fourth-order valence-electron chi connectivity index (χ4n) is 8.15. The number of carbonyl (C=O) groups is 2. The zero-order valence-corrected chi connectivity index (χ0v) is 28.2. The summed E-state index contributed by atoms with van der Waals surface area (Å²) < 4.78 is 11.8. The summed E-state index contributed by atoms with van der Waals surface area (Å²) in [7, 11) is 0. The minimum Gasteiger partial charge on any atom is -0.491 e.